The van der Waals surface area contributed by atoms with E-state index in [0.717, 1.165) is 30.7 Å². The van der Waals surface area contributed by atoms with Gasteiger partial charge < -0.3 is 14.2 Å². The van der Waals surface area contributed by atoms with Crippen molar-refractivity contribution in [3.63, 3.8) is 0 Å². The van der Waals surface area contributed by atoms with E-state index in [9.17, 15) is 9.59 Å². The lowest BCUT2D eigenvalue weighted by atomic mass is 9.99. The molecule has 1 amide bonds. The van der Waals surface area contributed by atoms with E-state index in [-0.39, 0.29) is 17.9 Å². The highest BCUT2D eigenvalue weighted by Crippen LogP contribution is 2.22. The van der Waals surface area contributed by atoms with Gasteiger partial charge in [-0.25, -0.2) is 4.79 Å². The number of aromatic nitrogens is 1. The Bertz CT molecular complexity index is 764. The van der Waals surface area contributed by atoms with Crippen molar-refractivity contribution in [2.75, 3.05) is 13.2 Å². The van der Waals surface area contributed by atoms with Gasteiger partial charge in [-0.2, -0.15) is 0 Å². The maximum Gasteiger partial charge on any atom is 0.330 e. The zero-order valence-corrected chi connectivity index (χ0v) is 15.8. The first-order valence-corrected chi connectivity index (χ1v) is 9.84. The lowest BCUT2D eigenvalue weighted by Crippen LogP contribution is -2.44. The molecular weight excluding hydrogens is 348 g/mol. The SMILES string of the molecule is Cn1cccc1C(=O)N1CCCC[C@@H]1CCOC(=O)/C=C\c1cccs1. The molecule has 1 fully saturated rings. The Balaban J connectivity index is 1.51. The van der Waals surface area contributed by atoms with Crippen LogP contribution in [-0.2, 0) is 16.6 Å². The number of rotatable bonds is 6. The van der Waals surface area contributed by atoms with Gasteiger partial charge in [0.25, 0.3) is 5.91 Å². The van der Waals surface area contributed by atoms with Gasteiger partial charge >= 0.3 is 5.97 Å². The number of ether oxygens (including phenoxy) is 1. The van der Waals surface area contributed by atoms with E-state index < -0.39 is 0 Å². The number of esters is 1. The van der Waals surface area contributed by atoms with Crippen LogP contribution in [0, 0.1) is 0 Å². The summed E-state index contributed by atoms with van der Waals surface area (Å²) in [5.41, 5.74) is 0.702. The predicted molar refractivity (Wildman–Crippen MR) is 103 cm³/mol. The van der Waals surface area contributed by atoms with E-state index in [1.54, 1.807) is 17.4 Å². The summed E-state index contributed by atoms with van der Waals surface area (Å²) < 4.78 is 7.17. The molecule has 0 N–H and O–H groups in total. The zero-order valence-electron chi connectivity index (χ0n) is 15.0. The lowest BCUT2D eigenvalue weighted by Gasteiger charge is -2.35. The molecule has 26 heavy (non-hydrogen) atoms. The second kappa shape index (κ2) is 8.85. The van der Waals surface area contributed by atoms with Crippen LogP contribution >= 0.6 is 11.3 Å². The Kier molecular flexibility index (Phi) is 6.28. The van der Waals surface area contributed by atoms with Gasteiger partial charge in [0.05, 0.1) is 6.61 Å². The number of aryl methyl sites for hydroxylation is 1. The topological polar surface area (TPSA) is 51.5 Å². The molecule has 0 radical (unpaired) electrons. The van der Waals surface area contributed by atoms with Crippen LogP contribution < -0.4 is 0 Å². The number of hydrogen-bond donors (Lipinski definition) is 0. The first-order chi connectivity index (χ1) is 12.6. The van der Waals surface area contributed by atoms with Gasteiger partial charge in [-0.3, -0.25) is 4.79 Å². The number of amides is 1. The third-order valence-electron chi connectivity index (χ3n) is 4.67. The minimum Gasteiger partial charge on any atom is -0.462 e. The van der Waals surface area contributed by atoms with Crippen LogP contribution in [0.25, 0.3) is 6.08 Å². The van der Waals surface area contributed by atoms with E-state index >= 15 is 0 Å². The minimum atomic E-state index is -0.338. The van der Waals surface area contributed by atoms with Crippen molar-refractivity contribution in [3.8, 4) is 0 Å². The number of carbonyl (C=O) groups is 2. The standard InChI is InChI=1S/C20H24N2O3S/c1-21-12-4-8-18(21)20(24)22-13-3-2-6-16(22)11-14-25-19(23)10-9-17-7-5-15-26-17/h4-5,7-10,12,15-16H,2-3,6,11,13-14H2,1H3/b10-9-/t16-/m1/s1. The van der Waals surface area contributed by atoms with Gasteiger partial charge in [-0.05, 0) is 48.9 Å². The molecule has 6 heteroatoms. The normalized spacial score (nSPS) is 17.6. The van der Waals surface area contributed by atoms with Crippen LogP contribution in [0.2, 0.25) is 0 Å². The Morgan fingerprint density at radius 3 is 2.92 bits per heavy atom. The van der Waals surface area contributed by atoms with Crippen molar-refractivity contribution >= 4 is 29.3 Å². The number of hydrogen-bond acceptors (Lipinski definition) is 4. The average Bonchev–Trinajstić information content (AvgIpc) is 3.31. The molecule has 1 saturated heterocycles. The molecular formula is C20H24N2O3S. The number of likely N-dealkylation sites (tertiary alicyclic amines) is 1. The average molecular weight is 372 g/mol. The molecule has 2 aromatic rings. The molecule has 0 bridgehead atoms. The fourth-order valence-corrected chi connectivity index (χ4v) is 3.90. The van der Waals surface area contributed by atoms with Crippen LogP contribution in [0.3, 0.4) is 0 Å². The second-order valence-electron chi connectivity index (χ2n) is 6.46. The highest BCUT2D eigenvalue weighted by Gasteiger charge is 2.28. The highest BCUT2D eigenvalue weighted by atomic mass is 32.1. The van der Waals surface area contributed by atoms with Gasteiger partial charge in [-0.1, -0.05) is 6.07 Å². The van der Waals surface area contributed by atoms with Crippen LogP contribution in [-0.4, -0.2) is 40.5 Å². The smallest absolute Gasteiger partial charge is 0.330 e. The van der Waals surface area contributed by atoms with E-state index in [2.05, 4.69) is 0 Å². The molecule has 5 nitrogen and oxygen atoms in total. The number of piperidine rings is 1. The molecule has 2 aromatic heterocycles. The molecule has 0 saturated carbocycles. The maximum atomic E-state index is 12.8. The first kappa shape index (κ1) is 18.5. The van der Waals surface area contributed by atoms with E-state index in [4.69, 9.17) is 4.74 Å². The summed E-state index contributed by atoms with van der Waals surface area (Å²) in [6.07, 6.45) is 8.86. The lowest BCUT2D eigenvalue weighted by molar-refractivity contribution is -0.138. The zero-order chi connectivity index (χ0) is 18.4. The molecule has 0 unspecified atom stereocenters. The first-order valence-electron chi connectivity index (χ1n) is 8.96. The summed E-state index contributed by atoms with van der Waals surface area (Å²) in [6.45, 7) is 1.09. The second-order valence-corrected chi connectivity index (χ2v) is 7.44. The molecule has 3 rings (SSSR count). The number of nitrogens with zero attached hydrogens (tertiary/aromatic N) is 2. The molecule has 1 aliphatic heterocycles. The number of thiophene rings is 1. The largest absolute Gasteiger partial charge is 0.462 e. The Hall–Kier alpha value is -2.34. The summed E-state index contributed by atoms with van der Waals surface area (Å²) in [4.78, 5) is 27.6. The molecule has 3 heterocycles. The van der Waals surface area contributed by atoms with E-state index in [1.807, 2.05) is 52.4 Å². The van der Waals surface area contributed by atoms with Crippen LogP contribution in [0.4, 0.5) is 0 Å². The Labute approximate surface area is 157 Å². The van der Waals surface area contributed by atoms with Crippen LogP contribution in [0.15, 0.2) is 41.9 Å². The van der Waals surface area contributed by atoms with Crippen molar-refractivity contribution < 1.29 is 14.3 Å². The summed E-state index contributed by atoms with van der Waals surface area (Å²) in [7, 11) is 1.88. The monoisotopic (exact) mass is 372 g/mol. The third kappa shape index (κ3) is 4.64. The minimum absolute atomic E-state index is 0.0612. The quantitative estimate of drug-likeness (QED) is 0.573. The summed E-state index contributed by atoms with van der Waals surface area (Å²) in [5.74, 6) is -0.277. The summed E-state index contributed by atoms with van der Waals surface area (Å²) >= 11 is 1.57. The molecule has 1 aliphatic rings. The molecule has 0 aromatic carbocycles. The number of carbonyl (C=O) groups excluding carboxylic acids is 2. The van der Waals surface area contributed by atoms with Crippen molar-refractivity contribution in [1.82, 2.24) is 9.47 Å². The summed E-state index contributed by atoms with van der Waals surface area (Å²) in [6, 6.07) is 7.75. The van der Waals surface area contributed by atoms with Crippen molar-refractivity contribution in [3.05, 3.63) is 52.5 Å². The fourth-order valence-electron chi connectivity index (χ4n) is 3.28. The van der Waals surface area contributed by atoms with Gasteiger partial charge in [0.15, 0.2) is 0 Å². The molecule has 138 valence electrons. The van der Waals surface area contributed by atoms with Gasteiger partial charge in [-0.15, -0.1) is 11.3 Å². The molecule has 0 aliphatic carbocycles. The predicted octanol–water partition coefficient (Wildman–Crippen LogP) is 3.73. The Morgan fingerprint density at radius 1 is 1.31 bits per heavy atom. The van der Waals surface area contributed by atoms with Crippen molar-refractivity contribution in [1.29, 1.82) is 0 Å². The third-order valence-corrected chi connectivity index (χ3v) is 5.51. The molecule has 0 spiro atoms. The van der Waals surface area contributed by atoms with Gasteiger partial charge in [0, 0.05) is 43.2 Å². The highest BCUT2D eigenvalue weighted by molar-refractivity contribution is 7.10. The van der Waals surface area contributed by atoms with E-state index in [1.165, 1.54) is 6.08 Å². The van der Waals surface area contributed by atoms with Gasteiger partial charge in [0.1, 0.15) is 5.69 Å². The molecule has 1 atom stereocenters. The van der Waals surface area contributed by atoms with Crippen molar-refractivity contribution in [2.45, 2.75) is 31.7 Å². The van der Waals surface area contributed by atoms with Crippen LogP contribution in [0.5, 0.6) is 0 Å². The summed E-state index contributed by atoms with van der Waals surface area (Å²) in [5, 5.41) is 1.96. The van der Waals surface area contributed by atoms with Crippen molar-refractivity contribution in [2.24, 2.45) is 7.05 Å². The Morgan fingerprint density at radius 2 is 2.19 bits per heavy atom. The van der Waals surface area contributed by atoms with Gasteiger partial charge in [0.2, 0.25) is 0 Å². The fraction of sp³-hybridized carbons (Fsp3) is 0.400. The van der Waals surface area contributed by atoms with E-state index in [0.29, 0.717) is 18.7 Å². The maximum absolute atomic E-state index is 12.8. The van der Waals surface area contributed by atoms with Crippen LogP contribution in [0.1, 0.15) is 41.0 Å².